The summed E-state index contributed by atoms with van der Waals surface area (Å²) >= 11 is 0. The SMILES string of the molecule is CCOc1ccc(S(=O)(=O)Nc2ccc3ocnc3c2)cc1. The van der Waals surface area contributed by atoms with Crippen molar-refractivity contribution in [3.63, 3.8) is 0 Å². The second kappa shape index (κ2) is 5.69. The Morgan fingerprint density at radius 2 is 1.95 bits per heavy atom. The molecule has 3 rings (SSSR count). The van der Waals surface area contributed by atoms with Crippen LogP contribution in [0, 0.1) is 0 Å². The molecule has 3 aromatic rings. The summed E-state index contributed by atoms with van der Waals surface area (Å²) in [4.78, 5) is 4.16. The van der Waals surface area contributed by atoms with Gasteiger partial charge in [0.15, 0.2) is 12.0 Å². The number of nitrogens with zero attached hydrogens (tertiary/aromatic N) is 1. The van der Waals surface area contributed by atoms with E-state index in [2.05, 4.69) is 9.71 Å². The number of nitrogens with one attached hydrogen (secondary N) is 1. The van der Waals surface area contributed by atoms with E-state index in [0.717, 1.165) is 0 Å². The van der Waals surface area contributed by atoms with Gasteiger partial charge in [0.2, 0.25) is 0 Å². The highest BCUT2D eigenvalue weighted by Crippen LogP contribution is 2.22. The van der Waals surface area contributed by atoms with E-state index >= 15 is 0 Å². The topological polar surface area (TPSA) is 81.4 Å². The number of ether oxygens (including phenoxy) is 1. The monoisotopic (exact) mass is 318 g/mol. The molecule has 0 aliphatic heterocycles. The van der Waals surface area contributed by atoms with Crippen LogP contribution < -0.4 is 9.46 Å². The number of oxazole rings is 1. The second-order valence-corrected chi connectivity index (χ2v) is 6.23. The average molecular weight is 318 g/mol. The maximum Gasteiger partial charge on any atom is 0.261 e. The van der Waals surface area contributed by atoms with Crippen LogP contribution in [0.2, 0.25) is 0 Å². The molecule has 0 atom stereocenters. The van der Waals surface area contributed by atoms with E-state index in [0.29, 0.717) is 29.1 Å². The first kappa shape index (κ1) is 14.4. The smallest absolute Gasteiger partial charge is 0.261 e. The molecule has 0 spiro atoms. The summed E-state index contributed by atoms with van der Waals surface area (Å²) in [6, 6.07) is 11.2. The number of rotatable bonds is 5. The first-order valence-corrected chi connectivity index (χ1v) is 8.16. The summed E-state index contributed by atoms with van der Waals surface area (Å²) in [6.45, 7) is 2.40. The number of hydrogen-bond donors (Lipinski definition) is 1. The number of fused-ring (bicyclic) bond motifs is 1. The number of hydrogen-bond acceptors (Lipinski definition) is 5. The van der Waals surface area contributed by atoms with E-state index in [-0.39, 0.29) is 4.90 Å². The maximum absolute atomic E-state index is 12.3. The Balaban J connectivity index is 1.85. The Labute approximate surface area is 127 Å². The normalized spacial score (nSPS) is 11.5. The minimum absolute atomic E-state index is 0.163. The molecule has 22 heavy (non-hydrogen) atoms. The van der Waals surface area contributed by atoms with E-state index in [1.54, 1.807) is 30.3 Å². The molecule has 0 amide bonds. The van der Waals surface area contributed by atoms with Gasteiger partial charge in [0.05, 0.1) is 17.2 Å². The Kier molecular flexibility index (Phi) is 3.72. The van der Waals surface area contributed by atoms with Crippen LogP contribution in [0.4, 0.5) is 5.69 Å². The molecule has 1 heterocycles. The predicted molar refractivity (Wildman–Crippen MR) is 82.4 cm³/mol. The van der Waals surface area contributed by atoms with Gasteiger partial charge < -0.3 is 9.15 Å². The van der Waals surface area contributed by atoms with Crippen LogP contribution in [-0.4, -0.2) is 20.0 Å². The Hall–Kier alpha value is -2.54. The molecule has 0 aliphatic carbocycles. The minimum Gasteiger partial charge on any atom is -0.494 e. The molecule has 6 nitrogen and oxygen atoms in total. The highest BCUT2D eigenvalue weighted by molar-refractivity contribution is 7.92. The van der Waals surface area contributed by atoms with Crippen LogP contribution in [0.15, 0.2) is 58.2 Å². The number of sulfonamides is 1. The van der Waals surface area contributed by atoms with E-state index in [9.17, 15) is 8.42 Å². The van der Waals surface area contributed by atoms with Gasteiger partial charge in [-0.15, -0.1) is 0 Å². The van der Waals surface area contributed by atoms with E-state index in [1.807, 2.05) is 6.92 Å². The zero-order chi connectivity index (χ0) is 15.6. The van der Waals surface area contributed by atoms with Crippen molar-refractivity contribution >= 4 is 26.8 Å². The van der Waals surface area contributed by atoms with E-state index in [1.165, 1.54) is 18.5 Å². The number of benzene rings is 2. The van der Waals surface area contributed by atoms with Crippen molar-refractivity contribution < 1.29 is 17.6 Å². The lowest BCUT2D eigenvalue weighted by Crippen LogP contribution is -2.12. The van der Waals surface area contributed by atoms with Gasteiger partial charge in [0.25, 0.3) is 10.0 Å². The minimum atomic E-state index is -3.66. The summed E-state index contributed by atoms with van der Waals surface area (Å²) < 4.78 is 37.6. The van der Waals surface area contributed by atoms with Crippen molar-refractivity contribution in [2.24, 2.45) is 0 Å². The lowest BCUT2D eigenvalue weighted by molar-refractivity contribution is 0.340. The van der Waals surface area contributed by atoms with Crippen LogP contribution in [-0.2, 0) is 10.0 Å². The second-order valence-electron chi connectivity index (χ2n) is 4.54. The molecule has 0 bridgehead atoms. The third kappa shape index (κ3) is 2.89. The highest BCUT2D eigenvalue weighted by Gasteiger charge is 2.14. The average Bonchev–Trinajstić information content (AvgIpc) is 2.95. The molecule has 0 unspecified atom stereocenters. The summed E-state index contributed by atoms with van der Waals surface area (Å²) in [5, 5.41) is 0. The molecule has 7 heteroatoms. The zero-order valence-corrected chi connectivity index (χ0v) is 12.6. The molecule has 1 N–H and O–H groups in total. The van der Waals surface area contributed by atoms with Gasteiger partial charge >= 0.3 is 0 Å². The zero-order valence-electron chi connectivity index (χ0n) is 11.8. The van der Waals surface area contributed by atoms with Crippen molar-refractivity contribution in [3.8, 4) is 5.75 Å². The molecule has 0 aliphatic rings. The molecule has 0 saturated carbocycles. The Morgan fingerprint density at radius 3 is 2.68 bits per heavy atom. The summed E-state index contributed by atoms with van der Waals surface area (Å²) in [5.74, 6) is 0.630. The molecule has 1 aromatic heterocycles. The lowest BCUT2D eigenvalue weighted by Gasteiger charge is -2.09. The van der Waals surface area contributed by atoms with Gasteiger partial charge in [-0.2, -0.15) is 0 Å². The van der Waals surface area contributed by atoms with Gasteiger partial charge in [-0.1, -0.05) is 0 Å². The van der Waals surface area contributed by atoms with Gasteiger partial charge in [0, 0.05) is 0 Å². The van der Waals surface area contributed by atoms with Crippen LogP contribution in [0.25, 0.3) is 11.1 Å². The van der Waals surface area contributed by atoms with Crippen LogP contribution in [0.3, 0.4) is 0 Å². The molecule has 2 aromatic carbocycles. The predicted octanol–water partition coefficient (Wildman–Crippen LogP) is 3.03. The number of aromatic nitrogens is 1. The fraction of sp³-hybridized carbons (Fsp3) is 0.133. The standard InChI is InChI=1S/C15H14N2O4S/c1-2-20-12-4-6-13(7-5-12)22(18,19)17-11-3-8-15-14(9-11)16-10-21-15/h3-10,17H,2H2,1H3. The third-order valence-electron chi connectivity index (χ3n) is 3.03. The highest BCUT2D eigenvalue weighted by atomic mass is 32.2. The van der Waals surface area contributed by atoms with Crippen molar-refractivity contribution in [2.75, 3.05) is 11.3 Å². The Bertz CT molecular complexity index is 885. The summed E-state index contributed by atoms with van der Waals surface area (Å²) in [6.07, 6.45) is 1.31. The molecule has 114 valence electrons. The fourth-order valence-corrected chi connectivity index (χ4v) is 3.07. The van der Waals surface area contributed by atoms with E-state index < -0.39 is 10.0 Å². The summed E-state index contributed by atoms with van der Waals surface area (Å²) in [5.41, 5.74) is 1.62. The lowest BCUT2D eigenvalue weighted by atomic mass is 10.3. The first-order chi connectivity index (χ1) is 10.6. The van der Waals surface area contributed by atoms with Crippen molar-refractivity contribution in [1.82, 2.24) is 4.98 Å². The quantitative estimate of drug-likeness (QED) is 0.782. The van der Waals surface area contributed by atoms with Crippen LogP contribution in [0.1, 0.15) is 6.92 Å². The van der Waals surface area contributed by atoms with Gasteiger partial charge in [-0.3, -0.25) is 4.72 Å². The first-order valence-electron chi connectivity index (χ1n) is 6.67. The van der Waals surface area contributed by atoms with E-state index in [4.69, 9.17) is 9.15 Å². The largest absolute Gasteiger partial charge is 0.494 e. The summed E-state index contributed by atoms with van der Waals surface area (Å²) in [7, 11) is -3.66. The maximum atomic E-state index is 12.3. The molecule has 0 radical (unpaired) electrons. The molecular formula is C15H14N2O4S. The van der Waals surface area contributed by atoms with Gasteiger partial charge in [-0.05, 0) is 49.4 Å². The number of anilines is 1. The molecule has 0 fully saturated rings. The molecular weight excluding hydrogens is 304 g/mol. The molecule has 0 saturated heterocycles. The van der Waals surface area contributed by atoms with Gasteiger partial charge in [-0.25, -0.2) is 13.4 Å². The van der Waals surface area contributed by atoms with Crippen LogP contribution in [0.5, 0.6) is 5.75 Å². The van der Waals surface area contributed by atoms with Crippen molar-refractivity contribution in [1.29, 1.82) is 0 Å². The fourth-order valence-electron chi connectivity index (χ4n) is 2.02. The Morgan fingerprint density at radius 1 is 1.18 bits per heavy atom. The van der Waals surface area contributed by atoms with Crippen LogP contribution >= 0.6 is 0 Å². The van der Waals surface area contributed by atoms with Crippen molar-refractivity contribution in [3.05, 3.63) is 48.9 Å². The van der Waals surface area contributed by atoms with Crippen molar-refractivity contribution in [2.45, 2.75) is 11.8 Å². The van der Waals surface area contributed by atoms with Gasteiger partial charge in [0.1, 0.15) is 11.3 Å². The third-order valence-corrected chi connectivity index (χ3v) is 4.42.